The van der Waals surface area contributed by atoms with Crippen LogP contribution < -0.4 is 0 Å². The summed E-state index contributed by atoms with van der Waals surface area (Å²) in [4.78, 5) is 22.1. The van der Waals surface area contributed by atoms with Crippen LogP contribution in [0.4, 0.5) is 0 Å². The number of Topliss-reactive ketones (excluding diaryl/α,β-unsaturated/α-hetero) is 1. The van der Waals surface area contributed by atoms with Crippen LogP contribution in [0.1, 0.15) is 34.1 Å². The minimum atomic E-state index is -1.19. The van der Waals surface area contributed by atoms with E-state index in [1.165, 1.54) is 20.8 Å². The second-order valence-corrected chi connectivity index (χ2v) is 3.22. The Morgan fingerprint density at radius 3 is 2.23 bits per heavy atom. The van der Waals surface area contributed by atoms with Gasteiger partial charge < -0.3 is 9.84 Å². The molecule has 13 heavy (non-hydrogen) atoms. The number of ether oxygens (including phenoxy) is 1. The Kier molecular flexibility index (Phi) is 4.07. The second-order valence-electron chi connectivity index (χ2n) is 3.22. The molecule has 0 aliphatic carbocycles. The topological polar surface area (TPSA) is 63.6 Å². The van der Waals surface area contributed by atoms with Crippen molar-refractivity contribution < 1.29 is 19.4 Å². The molecule has 0 spiro atoms. The molecule has 0 saturated carbocycles. The summed E-state index contributed by atoms with van der Waals surface area (Å²) in [5, 5.41) is 9.06. The lowest BCUT2D eigenvalue weighted by Gasteiger charge is -2.27. The minimum absolute atomic E-state index is 0.357. The van der Waals surface area contributed by atoms with Crippen molar-refractivity contribution in [1.82, 2.24) is 0 Å². The highest BCUT2D eigenvalue weighted by atomic mass is 16.6. The van der Waals surface area contributed by atoms with Crippen LogP contribution in [0, 0.1) is 0 Å². The van der Waals surface area contributed by atoms with E-state index in [-0.39, 0.29) is 0 Å². The van der Waals surface area contributed by atoms with Crippen LogP contribution in [0.3, 0.4) is 0 Å². The molecule has 0 aromatic carbocycles. The van der Waals surface area contributed by atoms with Gasteiger partial charge in [-0.05, 0) is 20.3 Å². The van der Waals surface area contributed by atoms with Gasteiger partial charge in [0.05, 0.1) is 0 Å². The average molecular weight is 188 g/mol. The number of hydrogen-bond acceptors (Lipinski definition) is 4. The summed E-state index contributed by atoms with van der Waals surface area (Å²) in [6, 6.07) is 0. The van der Waals surface area contributed by atoms with Crippen LogP contribution in [-0.2, 0) is 14.3 Å². The molecule has 0 heterocycles. The van der Waals surface area contributed by atoms with Crippen LogP contribution in [0.15, 0.2) is 0 Å². The first kappa shape index (κ1) is 12.1. The standard InChI is InChI=1S/C9H16O4/c1-5-9(4,13-7(3)11)8(12)6(2)10/h6,10H,5H2,1-4H3. The zero-order valence-corrected chi connectivity index (χ0v) is 8.46. The van der Waals surface area contributed by atoms with Crippen molar-refractivity contribution in [1.29, 1.82) is 0 Å². The molecule has 0 aliphatic rings. The summed E-state index contributed by atoms with van der Waals surface area (Å²) in [6.07, 6.45) is -0.750. The first-order valence-electron chi connectivity index (χ1n) is 4.25. The van der Waals surface area contributed by atoms with Crippen molar-refractivity contribution in [2.24, 2.45) is 0 Å². The molecule has 0 amide bonds. The molecule has 0 rings (SSSR count). The van der Waals surface area contributed by atoms with E-state index in [4.69, 9.17) is 9.84 Å². The van der Waals surface area contributed by atoms with Gasteiger partial charge in [-0.1, -0.05) is 6.92 Å². The van der Waals surface area contributed by atoms with Crippen molar-refractivity contribution in [3.05, 3.63) is 0 Å². The van der Waals surface area contributed by atoms with Crippen LogP contribution >= 0.6 is 0 Å². The fourth-order valence-corrected chi connectivity index (χ4v) is 1.06. The van der Waals surface area contributed by atoms with Crippen molar-refractivity contribution in [2.45, 2.75) is 45.8 Å². The SMILES string of the molecule is CCC(C)(OC(C)=O)C(=O)C(C)O. The fourth-order valence-electron chi connectivity index (χ4n) is 1.06. The first-order chi connectivity index (χ1) is 5.83. The number of aliphatic hydroxyl groups excluding tert-OH is 1. The monoisotopic (exact) mass is 188 g/mol. The third-order valence-corrected chi connectivity index (χ3v) is 1.94. The predicted molar refractivity (Wildman–Crippen MR) is 47.1 cm³/mol. The molecule has 0 aromatic rings. The number of rotatable bonds is 4. The summed E-state index contributed by atoms with van der Waals surface area (Å²) in [5.41, 5.74) is -1.19. The largest absolute Gasteiger partial charge is 0.451 e. The Morgan fingerprint density at radius 1 is 1.54 bits per heavy atom. The van der Waals surface area contributed by atoms with E-state index in [9.17, 15) is 9.59 Å². The number of carbonyl (C=O) groups is 2. The molecule has 2 unspecified atom stereocenters. The van der Waals surface area contributed by atoms with Crippen LogP contribution in [0.2, 0.25) is 0 Å². The zero-order chi connectivity index (χ0) is 10.6. The lowest BCUT2D eigenvalue weighted by molar-refractivity contribution is -0.167. The normalized spacial score (nSPS) is 17.3. The minimum Gasteiger partial charge on any atom is -0.451 e. The highest BCUT2D eigenvalue weighted by Crippen LogP contribution is 2.18. The van der Waals surface area contributed by atoms with E-state index >= 15 is 0 Å². The zero-order valence-electron chi connectivity index (χ0n) is 8.46. The summed E-state index contributed by atoms with van der Waals surface area (Å²) in [5.74, 6) is -0.983. The van der Waals surface area contributed by atoms with E-state index in [0.717, 1.165) is 0 Å². The smallest absolute Gasteiger partial charge is 0.303 e. The fraction of sp³-hybridized carbons (Fsp3) is 0.778. The Morgan fingerprint density at radius 2 is 2.00 bits per heavy atom. The maximum Gasteiger partial charge on any atom is 0.303 e. The maximum atomic E-state index is 11.4. The summed E-state index contributed by atoms with van der Waals surface area (Å²) in [7, 11) is 0. The lowest BCUT2D eigenvalue weighted by atomic mass is 9.94. The van der Waals surface area contributed by atoms with Crippen molar-refractivity contribution in [3.8, 4) is 0 Å². The van der Waals surface area contributed by atoms with Gasteiger partial charge in [0, 0.05) is 6.92 Å². The molecular weight excluding hydrogens is 172 g/mol. The third-order valence-electron chi connectivity index (χ3n) is 1.94. The number of carbonyl (C=O) groups excluding carboxylic acids is 2. The molecule has 0 radical (unpaired) electrons. The number of aliphatic hydroxyl groups is 1. The van der Waals surface area contributed by atoms with Gasteiger partial charge in [0.2, 0.25) is 5.78 Å². The van der Waals surface area contributed by atoms with Gasteiger partial charge in [-0.2, -0.15) is 0 Å². The summed E-state index contributed by atoms with van der Waals surface area (Å²) >= 11 is 0. The van der Waals surface area contributed by atoms with Crippen LogP contribution in [0.25, 0.3) is 0 Å². The third kappa shape index (κ3) is 3.14. The molecule has 76 valence electrons. The first-order valence-corrected chi connectivity index (χ1v) is 4.25. The molecule has 0 fully saturated rings. The van der Waals surface area contributed by atoms with Crippen molar-refractivity contribution in [3.63, 3.8) is 0 Å². The molecule has 4 nitrogen and oxygen atoms in total. The van der Waals surface area contributed by atoms with E-state index in [1.807, 2.05) is 0 Å². The predicted octanol–water partition coefficient (Wildman–Crippen LogP) is 0.668. The van der Waals surface area contributed by atoms with E-state index < -0.39 is 23.5 Å². The van der Waals surface area contributed by atoms with Crippen LogP contribution in [0.5, 0.6) is 0 Å². The highest BCUT2D eigenvalue weighted by molar-refractivity contribution is 5.92. The summed E-state index contributed by atoms with van der Waals surface area (Å²) in [6.45, 7) is 5.83. The van der Waals surface area contributed by atoms with E-state index in [1.54, 1.807) is 6.92 Å². The number of hydrogen-bond donors (Lipinski definition) is 1. The Bertz CT molecular complexity index is 210. The van der Waals surface area contributed by atoms with Crippen molar-refractivity contribution >= 4 is 11.8 Å². The van der Waals surface area contributed by atoms with Gasteiger partial charge in [0.25, 0.3) is 0 Å². The molecule has 0 saturated heterocycles. The van der Waals surface area contributed by atoms with Gasteiger partial charge >= 0.3 is 5.97 Å². The maximum absolute atomic E-state index is 11.4. The van der Waals surface area contributed by atoms with E-state index in [0.29, 0.717) is 6.42 Å². The lowest BCUT2D eigenvalue weighted by Crippen LogP contribution is -2.44. The quantitative estimate of drug-likeness (QED) is 0.658. The van der Waals surface area contributed by atoms with Gasteiger partial charge in [-0.3, -0.25) is 9.59 Å². The van der Waals surface area contributed by atoms with Crippen LogP contribution in [-0.4, -0.2) is 28.6 Å². The van der Waals surface area contributed by atoms with Gasteiger partial charge in [-0.15, -0.1) is 0 Å². The van der Waals surface area contributed by atoms with Gasteiger partial charge in [-0.25, -0.2) is 0 Å². The Balaban J connectivity index is 4.62. The van der Waals surface area contributed by atoms with Crippen molar-refractivity contribution in [2.75, 3.05) is 0 Å². The van der Waals surface area contributed by atoms with Gasteiger partial charge in [0.1, 0.15) is 6.10 Å². The van der Waals surface area contributed by atoms with E-state index in [2.05, 4.69) is 0 Å². The number of ketones is 1. The summed E-state index contributed by atoms with van der Waals surface area (Å²) < 4.78 is 4.86. The van der Waals surface area contributed by atoms with Gasteiger partial charge in [0.15, 0.2) is 5.60 Å². The average Bonchev–Trinajstić information content (AvgIpc) is 2.01. The molecule has 4 heteroatoms. The molecule has 0 aliphatic heterocycles. The Hall–Kier alpha value is -0.900. The molecule has 0 bridgehead atoms. The Labute approximate surface area is 77.9 Å². The molecule has 1 N–H and O–H groups in total. The molecular formula is C9H16O4. The second kappa shape index (κ2) is 4.37. The molecule has 2 atom stereocenters. The number of esters is 1. The highest BCUT2D eigenvalue weighted by Gasteiger charge is 2.36. The molecule has 0 aromatic heterocycles.